The summed E-state index contributed by atoms with van der Waals surface area (Å²) in [6.45, 7) is 0. The van der Waals surface area contributed by atoms with E-state index in [0.29, 0.717) is 0 Å². The molecular weight excluding hydrogens is 303 g/mol. The van der Waals surface area contributed by atoms with Gasteiger partial charge in [-0.15, -0.1) is 0 Å². The Hall–Kier alpha value is -2.79. The van der Waals surface area contributed by atoms with Crippen molar-refractivity contribution in [3.63, 3.8) is 0 Å². The van der Waals surface area contributed by atoms with Crippen molar-refractivity contribution in [1.82, 2.24) is 9.97 Å². The third-order valence-corrected chi connectivity index (χ3v) is 2.95. The molecule has 1 aromatic carbocycles. The van der Waals surface area contributed by atoms with E-state index in [1.165, 1.54) is 7.11 Å². The highest BCUT2D eigenvalue weighted by Crippen LogP contribution is 2.35. The summed E-state index contributed by atoms with van der Waals surface area (Å²) in [6, 6.07) is 3.23. The molecule has 7 nitrogen and oxygen atoms in total. The summed E-state index contributed by atoms with van der Waals surface area (Å²) in [5.41, 5.74) is -1.21. The summed E-state index contributed by atoms with van der Waals surface area (Å²) >= 11 is 5.97. The summed E-state index contributed by atoms with van der Waals surface area (Å²) in [5.74, 6) is -0.854. The van der Waals surface area contributed by atoms with Gasteiger partial charge in [0.1, 0.15) is 28.8 Å². The quantitative estimate of drug-likeness (QED) is 0.638. The second-order valence-electron chi connectivity index (χ2n) is 3.76. The molecule has 21 heavy (non-hydrogen) atoms. The molecule has 0 radical (unpaired) electrons. The molecule has 0 aliphatic carbocycles. The normalized spacial score (nSPS) is 10.0. The molecule has 0 saturated carbocycles. The molecule has 106 valence electrons. The van der Waals surface area contributed by atoms with Gasteiger partial charge in [-0.05, 0) is 6.07 Å². The van der Waals surface area contributed by atoms with Crippen LogP contribution in [0.2, 0.25) is 5.02 Å². The van der Waals surface area contributed by atoms with Crippen LogP contribution in [-0.4, -0.2) is 22.0 Å². The highest BCUT2D eigenvalue weighted by molar-refractivity contribution is 6.34. The summed E-state index contributed by atoms with van der Waals surface area (Å²) < 4.78 is 18.9. The summed E-state index contributed by atoms with van der Waals surface area (Å²) in [4.78, 5) is 17.7. The van der Waals surface area contributed by atoms with Crippen LogP contribution in [-0.2, 0) is 0 Å². The molecule has 0 fully saturated rings. The molecule has 0 aliphatic rings. The van der Waals surface area contributed by atoms with Gasteiger partial charge >= 0.3 is 0 Å². The SMILES string of the molecule is COc1ncnc(-c2cc([N+](=O)[O-])c(C#N)cc2F)c1Cl. The monoisotopic (exact) mass is 308 g/mol. The molecule has 0 N–H and O–H groups in total. The van der Waals surface area contributed by atoms with Crippen LogP contribution in [0.15, 0.2) is 18.5 Å². The fraction of sp³-hybridized carbons (Fsp3) is 0.0833. The van der Waals surface area contributed by atoms with Crippen LogP contribution < -0.4 is 4.74 Å². The minimum Gasteiger partial charge on any atom is -0.480 e. The number of nitro benzene ring substituents is 1. The van der Waals surface area contributed by atoms with Crippen molar-refractivity contribution in [3.05, 3.63) is 45.0 Å². The van der Waals surface area contributed by atoms with E-state index in [-0.39, 0.29) is 22.2 Å². The van der Waals surface area contributed by atoms with Gasteiger partial charge in [-0.25, -0.2) is 14.4 Å². The molecule has 2 rings (SSSR count). The summed E-state index contributed by atoms with van der Waals surface area (Å²) in [6.07, 6.45) is 1.09. The molecular formula is C12H6ClFN4O3. The minimum atomic E-state index is -0.861. The van der Waals surface area contributed by atoms with Crippen molar-refractivity contribution < 1.29 is 14.1 Å². The number of aromatic nitrogens is 2. The van der Waals surface area contributed by atoms with Gasteiger partial charge in [-0.2, -0.15) is 5.26 Å². The number of methoxy groups -OCH3 is 1. The van der Waals surface area contributed by atoms with Crippen molar-refractivity contribution in [2.24, 2.45) is 0 Å². The Morgan fingerprint density at radius 2 is 2.19 bits per heavy atom. The lowest BCUT2D eigenvalue weighted by atomic mass is 10.1. The van der Waals surface area contributed by atoms with E-state index in [1.807, 2.05) is 0 Å². The molecule has 2 aromatic rings. The first-order valence-corrected chi connectivity index (χ1v) is 5.80. The zero-order valence-electron chi connectivity index (χ0n) is 10.5. The van der Waals surface area contributed by atoms with E-state index in [2.05, 4.69) is 9.97 Å². The van der Waals surface area contributed by atoms with Crippen LogP contribution >= 0.6 is 11.6 Å². The smallest absolute Gasteiger partial charge is 0.287 e. The van der Waals surface area contributed by atoms with E-state index in [9.17, 15) is 14.5 Å². The van der Waals surface area contributed by atoms with Gasteiger partial charge in [0.05, 0.1) is 17.7 Å². The molecule has 0 saturated heterocycles. The standard InChI is InChI=1S/C12H6ClFN4O3/c1-21-12-10(13)11(16-5-17-12)7-3-9(18(19)20)6(4-15)2-8(7)14/h2-3,5H,1H3. The lowest BCUT2D eigenvalue weighted by Gasteiger charge is -2.08. The summed E-state index contributed by atoms with van der Waals surface area (Å²) in [5, 5.41) is 19.6. The second kappa shape index (κ2) is 5.68. The van der Waals surface area contributed by atoms with Crippen LogP contribution in [0.1, 0.15) is 5.56 Å². The van der Waals surface area contributed by atoms with Gasteiger partial charge in [0.25, 0.3) is 5.69 Å². The van der Waals surface area contributed by atoms with Crippen LogP contribution in [0.4, 0.5) is 10.1 Å². The van der Waals surface area contributed by atoms with Gasteiger partial charge in [0, 0.05) is 11.6 Å². The Kier molecular flexibility index (Phi) is 3.95. The van der Waals surface area contributed by atoms with Gasteiger partial charge in [-0.1, -0.05) is 11.6 Å². The van der Waals surface area contributed by atoms with Gasteiger partial charge in [0.15, 0.2) is 0 Å². The number of hydrogen-bond donors (Lipinski definition) is 0. The number of rotatable bonds is 3. The lowest BCUT2D eigenvalue weighted by molar-refractivity contribution is -0.385. The molecule has 1 heterocycles. The largest absolute Gasteiger partial charge is 0.480 e. The van der Waals surface area contributed by atoms with E-state index in [4.69, 9.17) is 21.6 Å². The number of ether oxygens (including phenoxy) is 1. The lowest BCUT2D eigenvalue weighted by Crippen LogP contribution is -1.99. The number of nitrogens with zero attached hydrogens (tertiary/aromatic N) is 4. The van der Waals surface area contributed by atoms with Crippen LogP contribution in [0, 0.1) is 27.3 Å². The maximum absolute atomic E-state index is 14.0. The highest BCUT2D eigenvalue weighted by atomic mass is 35.5. The van der Waals surface area contributed by atoms with E-state index in [1.54, 1.807) is 6.07 Å². The van der Waals surface area contributed by atoms with E-state index >= 15 is 0 Å². The predicted octanol–water partition coefficient (Wildman–Crippen LogP) is 2.72. The average Bonchev–Trinajstić information content (AvgIpc) is 2.47. The second-order valence-corrected chi connectivity index (χ2v) is 4.14. The first-order valence-electron chi connectivity index (χ1n) is 5.42. The van der Waals surface area contributed by atoms with E-state index < -0.39 is 22.0 Å². The van der Waals surface area contributed by atoms with Gasteiger partial charge < -0.3 is 4.74 Å². The van der Waals surface area contributed by atoms with Gasteiger partial charge in [-0.3, -0.25) is 10.1 Å². The molecule has 0 bridgehead atoms. The number of nitriles is 1. The Labute approximate surface area is 122 Å². The molecule has 1 aromatic heterocycles. The molecule has 0 unspecified atom stereocenters. The number of nitro groups is 1. The Balaban J connectivity index is 2.74. The number of benzene rings is 1. The first-order chi connectivity index (χ1) is 9.99. The first kappa shape index (κ1) is 14.6. The topological polar surface area (TPSA) is 102 Å². The minimum absolute atomic E-state index is 0.00748. The van der Waals surface area contributed by atoms with Crippen molar-refractivity contribution in [2.45, 2.75) is 0 Å². The molecule has 9 heteroatoms. The third kappa shape index (κ3) is 2.59. The average molecular weight is 309 g/mol. The van der Waals surface area contributed by atoms with Gasteiger partial charge in [0.2, 0.25) is 5.88 Å². The zero-order chi connectivity index (χ0) is 15.6. The fourth-order valence-corrected chi connectivity index (χ4v) is 1.94. The Morgan fingerprint density at radius 3 is 2.76 bits per heavy atom. The maximum Gasteiger partial charge on any atom is 0.287 e. The number of halogens is 2. The zero-order valence-corrected chi connectivity index (χ0v) is 11.3. The van der Waals surface area contributed by atoms with E-state index in [0.717, 1.165) is 18.5 Å². The molecule has 0 aliphatic heterocycles. The molecule has 0 spiro atoms. The third-order valence-electron chi connectivity index (χ3n) is 2.61. The van der Waals surface area contributed by atoms with Crippen molar-refractivity contribution in [2.75, 3.05) is 7.11 Å². The van der Waals surface area contributed by atoms with Crippen molar-refractivity contribution in [1.29, 1.82) is 5.26 Å². The van der Waals surface area contributed by atoms with Crippen LogP contribution in [0.3, 0.4) is 0 Å². The predicted molar refractivity (Wildman–Crippen MR) is 70.4 cm³/mol. The van der Waals surface area contributed by atoms with Crippen LogP contribution in [0.25, 0.3) is 11.3 Å². The maximum atomic E-state index is 14.0. The summed E-state index contributed by atoms with van der Waals surface area (Å²) in [7, 11) is 1.32. The highest BCUT2D eigenvalue weighted by Gasteiger charge is 2.22. The fourth-order valence-electron chi connectivity index (χ4n) is 1.67. The van der Waals surface area contributed by atoms with Crippen molar-refractivity contribution in [3.8, 4) is 23.2 Å². The number of hydrogen-bond acceptors (Lipinski definition) is 6. The molecule has 0 amide bonds. The Morgan fingerprint density at radius 1 is 1.48 bits per heavy atom. The Bertz CT molecular complexity index is 776. The van der Waals surface area contributed by atoms with Crippen LogP contribution in [0.5, 0.6) is 5.88 Å². The van der Waals surface area contributed by atoms with Crippen molar-refractivity contribution >= 4 is 17.3 Å². The molecule has 0 atom stereocenters.